The number of nitrogens with zero attached hydrogens (tertiary/aromatic N) is 4. The number of nitrogens with one attached hydrogen (secondary N) is 1. The van der Waals surface area contributed by atoms with Gasteiger partial charge in [0.2, 0.25) is 0 Å². The highest BCUT2D eigenvalue weighted by Crippen LogP contribution is 2.18. The number of hydrogen-bond donors (Lipinski definition) is 1. The topological polar surface area (TPSA) is 66.5 Å². The summed E-state index contributed by atoms with van der Waals surface area (Å²) in [4.78, 5) is 4.14. The van der Waals surface area contributed by atoms with Crippen LogP contribution in [0.5, 0.6) is 0 Å². The molecule has 0 aliphatic heterocycles. The molecule has 1 heterocycles. The third-order valence-corrected chi connectivity index (χ3v) is 2.70. The predicted octanol–water partition coefficient (Wildman–Crippen LogP) is 2.48. The van der Waals surface area contributed by atoms with E-state index in [4.69, 9.17) is 5.26 Å². The molecule has 0 amide bonds. The van der Waals surface area contributed by atoms with Crippen LogP contribution in [0.3, 0.4) is 0 Å². The van der Waals surface area contributed by atoms with Crippen molar-refractivity contribution in [3.63, 3.8) is 0 Å². The van der Waals surface area contributed by atoms with Gasteiger partial charge in [-0.25, -0.2) is 14.1 Å². The van der Waals surface area contributed by atoms with Crippen LogP contribution in [0.2, 0.25) is 0 Å². The Labute approximate surface area is 110 Å². The molecule has 19 heavy (non-hydrogen) atoms. The van der Waals surface area contributed by atoms with Crippen molar-refractivity contribution in [1.82, 2.24) is 14.8 Å². The summed E-state index contributed by atoms with van der Waals surface area (Å²) in [7, 11) is 0. The van der Waals surface area contributed by atoms with Crippen LogP contribution in [0, 0.1) is 17.1 Å². The van der Waals surface area contributed by atoms with Crippen molar-refractivity contribution >= 4 is 5.69 Å². The lowest BCUT2D eigenvalue weighted by molar-refractivity contribution is 0.509. The van der Waals surface area contributed by atoms with Gasteiger partial charge in [0.25, 0.3) is 0 Å². The van der Waals surface area contributed by atoms with Crippen LogP contribution in [-0.4, -0.2) is 14.8 Å². The molecule has 0 aliphatic rings. The number of halogens is 1. The molecule has 0 radical (unpaired) electrons. The molecule has 0 saturated heterocycles. The average Bonchev–Trinajstić information content (AvgIpc) is 2.84. The fourth-order valence-electron chi connectivity index (χ4n) is 1.79. The Morgan fingerprint density at radius 2 is 2.26 bits per heavy atom. The summed E-state index contributed by atoms with van der Waals surface area (Å²) in [5.74, 6) is 0.209. The van der Waals surface area contributed by atoms with Crippen LogP contribution >= 0.6 is 0 Å². The molecule has 0 aliphatic carbocycles. The van der Waals surface area contributed by atoms with Crippen LogP contribution in [0.1, 0.15) is 31.3 Å². The van der Waals surface area contributed by atoms with Gasteiger partial charge < -0.3 is 5.32 Å². The second kappa shape index (κ2) is 5.48. The fraction of sp³-hybridized carbons (Fsp3) is 0.308. The summed E-state index contributed by atoms with van der Waals surface area (Å²) >= 11 is 0. The minimum absolute atomic E-state index is 0.0121. The second-order valence-electron chi connectivity index (χ2n) is 4.34. The maximum absolute atomic E-state index is 13.4. The number of rotatable bonds is 4. The van der Waals surface area contributed by atoms with Gasteiger partial charge >= 0.3 is 0 Å². The lowest BCUT2D eigenvalue weighted by Crippen LogP contribution is -2.12. The Bertz CT molecular complexity index is 612. The van der Waals surface area contributed by atoms with Crippen LogP contribution < -0.4 is 5.32 Å². The normalized spacial score (nSPS) is 10.5. The summed E-state index contributed by atoms with van der Waals surface area (Å²) < 4.78 is 15.2. The summed E-state index contributed by atoms with van der Waals surface area (Å²) in [6.45, 7) is 4.39. The third kappa shape index (κ3) is 2.71. The molecule has 98 valence electrons. The van der Waals surface area contributed by atoms with Gasteiger partial charge in [0.05, 0.1) is 12.2 Å². The smallest absolute Gasteiger partial charge is 0.146 e. The Kier molecular flexibility index (Phi) is 3.76. The quantitative estimate of drug-likeness (QED) is 0.916. The van der Waals surface area contributed by atoms with E-state index < -0.39 is 5.82 Å². The monoisotopic (exact) mass is 259 g/mol. The van der Waals surface area contributed by atoms with Crippen molar-refractivity contribution in [1.29, 1.82) is 5.26 Å². The summed E-state index contributed by atoms with van der Waals surface area (Å²) in [5, 5.41) is 16.1. The molecule has 0 spiro atoms. The first kappa shape index (κ1) is 13.0. The number of anilines is 1. The molecule has 0 bridgehead atoms. The molecule has 1 N–H and O–H groups in total. The Morgan fingerprint density at radius 3 is 2.95 bits per heavy atom. The first-order valence-electron chi connectivity index (χ1n) is 5.94. The molecule has 1 aromatic carbocycles. The number of aromatic nitrogens is 3. The molecule has 0 fully saturated rings. The maximum atomic E-state index is 13.4. The van der Waals surface area contributed by atoms with E-state index >= 15 is 0 Å². The zero-order valence-electron chi connectivity index (χ0n) is 10.8. The average molecular weight is 259 g/mol. The number of benzene rings is 1. The van der Waals surface area contributed by atoms with Gasteiger partial charge in [0, 0.05) is 6.04 Å². The summed E-state index contributed by atoms with van der Waals surface area (Å²) in [6.07, 6.45) is 1.48. The number of hydrogen-bond acceptors (Lipinski definition) is 4. The summed E-state index contributed by atoms with van der Waals surface area (Å²) in [6, 6.07) is 6.54. The zero-order chi connectivity index (χ0) is 13.8. The van der Waals surface area contributed by atoms with Gasteiger partial charge in [0.15, 0.2) is 0 Å². The largest absolute Gasteiger partial charge is 0.377 e. The first-order valence-corrected chi connectivity index (χ1v) is 5.94. The zero-order valence-corrected chi connectivity index (χ0v) is 10.8. The fourth-order valence-corrected chi connectivity index (χ4v) is 1.79. The lowest BCUT2D eigenvalue weighted by atomic mass is 10.2. The van der Waals surface area contributed by atoms with E-state index in [9.17, 15) is 4.39 Å². The SMILES string of the molecule is CC(C)n1ncnc1CNc1cccc(F)c1C#N. The van der Waals surface area contributed by atoms with Gasteiger partial charge in [0.1, 0.15) is 29.6 Å². The van der Waals surface area contributed by atoms with Crippen molar-refractivity contribution < 1.29 is 4.39 Å². The Hall–Kier alpha value is -2.42. The van der Waals surface area contributed by atoms with E-state index in [1.54, 1.807) is 16.8 Å². The maximum Gasteiger partial charge on any atom is 0.146 e. The molecule has 0 atom stereocenters. The number of nitriles is 1. The standard InChI is InChI=1S/C13H14FN5/c1-9(2)19-13(17-8-18-19)7-16-12-5-3-4-11(14)10(12)6-15/h3-5,8-9,16H,7H2,1-2H3. The molecule has 1 aromatic heterocycles. The molecule has 0 unspecified atom stereocenters. The van der Waals surface area contributed by atoms with E-state index in [1.165, 1.54) is 12.4 Å². The highest BCUT2D eigenvalue weighted by atomic mass is 19.1. The minimum atomic E-state index is -0.530. The van der Waals surface area contributed by atoms with E-state index in [1.807, 2.05) is 19.9 Å². The van der Waals surface area contributed by atoms with Crippen molar-refractivity contribution in [2.75, 3.05) is 5.32 Å². The van der Waals surface area contributed by atoms with Crippen LogP contribution in [-0.2, 0) is 6.54 Å². The Morgan fingerprint density at radius 1 is 1.47 bits per heavy atom. The third-order valence-electron chi connectivity index (χ3n) is 2.70. The molecule has 2 aromatic rings. The van der Waals surface area contributed by atoms with Gasteiger partial charge in [-0.1, -0.05) is 6.07 Å². The van der Waals surface area contributed by atoms with Crippen LogP contribution in [0.25, 0.3) is 0 Å². The Balaban J connectivity index is 2.18. The van der Waals surface area contributed by atoms with E-state index in [-0.39, 0.29) is 11.6 Å². The summed E-state index contributed by atoms with van der Waals surface area (Å²) in [5.41, 5.74) is 0.471. The highest BCUT2D eigenvalue weighted by molar-refractivity contribution is 5.57. The minimum Gasteiger partial charge on any atom is -0.377 e. The highest BCUT2D eigenvalue weighted by Gasteiger charge is 2.10. The van der Waals surface area contributed by atoms with Crippen LogP contribution in [0.4, 0.5) is 10.1 Å². The van der Waals surface area contributed by atoms with E-state index in [2.05, 4.69) is 15.4 Å². The van der Waals surface area contributed by atoms with Gasteiger partial charge in [-0.05, 0) is 26.0 Å². The van der Waals surface area contributed by atoms with E-state index in [0.717, 1.165) is 5.82 Å². The molecule has 6 heteroatoms. The van der Waals surface area contributed by atoms with Gasteiger partial charge in [-0.3, -0.25) is 0 Å². The van der Waals surface area contributed by atoms with Crippen molar-refractivity contribution in [2.45, 2.75) is 26.4 Å². The molecular formula is C13H14FN5. The van der Waals surface area contributed by atoms with E-state index in [0.29, 0.717) is 12.2 Å². The first-order chi connectivity index (χ1) is 9.13. The van der Waals surface area contributed by atoms with Gasteiger partial charge in [-0.2, -0.15) is 10.4 Å². The van der Waals surface area contributed by atoms with Crippen molar-refractivity contribution in [3.8, 4) is 6.07 Å². The molecule has 0 saturated carbocycles. The molecular weight excluding hydrogens is 245 g/mol. The van der Waals surface area contributed by atoms with Crippen molar-refractivity contribution in [2.24, 2.45) is 0 Å². The molecule has 2 rings (SSSR count). The van der Waals surface area contributed by atoms with Crippen LogP contribution in [0.15, 0.2) is 24.5 Å². The molecule has 5 nitrogen and oxygen atoms in total. The lowest BCUT2D eigenvalue weighted by Gasteiger charge is -2.11. The van der Waals surface area contributed by atoms with Gasteiger partial charge in [-0.15, -0.1) is 0 Å². The second-order valence-corrected chi connectivity index (χ2v) is 4.34. The predicted molar refractivity (Wildman–Crippen MR) is 68.8 cm³/mol. The van der Waals surface area contributed by atoms with Crippen molar-refractivity contribution in [3.05, 3.63) is 41.7 Å².